The van der Waals surface area contributed by atoms with E-state index in [0.717, 1.165) is 47.0 Å². The SMILES string of the molecule is N#CCc1ccnc(N2CCN(C(=O)OCc3ccccc3)CC2)c1.O=C(OCc1ccccc1)N1CCN(c2cc(CCl)ccn2)CC1. The van der Waals surface area contributed by atoms with Gasteiger partial charge in [0.25, 0.3) is 0 Å². The summed E-state index contributed by atoms with van der Waals surface area (Å²) in [6.45, 7) is 5.90. The molecule has 2 aliphatic heterocycles. The Morgan fingerprint density at radius 1 is 0.633 bits per heavy atom. The Labute approximate surface area is 292 Å². The van der Waals surface area contributed by atoms with E-state index in [-0.39, 0.29) is 18.8 Å². The molecule has 6 rings (SSSR count). The maximum atomic E-state index is 12.2. The molecule has 254 valence electrons. The molecular weight excluding hydrogens is 642 g/mol. The predicted molar refractivity (Wildman–Crippen MR) is 188 cm³/mol. The zero-order chi connectivity index (χ0) is 34.3. The van der Waals surface area contributed by atoms with Crippen LogP contribution in [0.2, 0.25) is 0 Å². The summed E-state index contributed by atoms with van der Waals surface area (Å²) in [5.74, 6) is 2.23. The van der Waals surface area contributed by atoms with E-state index in [4.69, 9.17) is 26.3 Å². The number of amides is 2. The fraction of sp³-hybridized carbons (Fsp3) is 0.324. The van der Waals surface area contributed by atoms with Crippen LogP contribution in [0.1, 0.15) is 22.3 Å². The van der Waals surface area contributed by atoms with E-state index >= 15 is 0 Å². The summed E-state index contributed by atoms with van der Waals surface area (Å²) in [6, 6.07) is 29.2. The van der Waals surface area contributed by atoms with Crippen LogP contribution in [0, 0.1) is 11.3 Å². The number of benzene rings is 2. The number of halogens is 1. The van der Waals surface area contributed by atoms with Crippen molar-refractivity contribution in [3.63, 3.8) is 0 Å². The minimum Gasteiger partial charge on any atom is -0.445 e. The number of hydrogen-bond donors (Lipinski definition) is 0. The van der Waals surface area contributed by atoms with E-state index in [2.05, 4.69) is 25.8 Å². The van der Waals surface area contributed by atoms with Crippen molar-refractivity contribution in [2.75, 3.05) is 62.2 Å². The van der Waals surface area contributed by atoms with Crippen LogP contribution in [-0.2, 0) is 35.0 Å². The first-order valence-corrected chi connectivity index (χ1v) is 16.8. The van der Waals surface area contributed by atoms with Gasteiger partial charge in [-0.1, -0.05) is 60.7 Å². The molecule has 0 N–H and O–H groups in total. The maximum absolute atomic E-state index is 12.2. The highest BCUT2D eigenvalue weighted by Gasteiger charge is 2.24. The number of carbonyl (C=O) groups excluding carboxylic acids is 2. The molecule has 11 nitrogen and oxygen atoms in total. The number of ether oxygens (including phenoxy) is 2. The molecule has 2 aliphatic rings. The molecule has 49 heavy (non-hydrogen) atoms. The van der Waals surface area contributed by atoms with Gasteiger partial charge in [-0.3, -0.25) is 0 Å². The van der Waals surface area contributed by atoms with Crippen molar-refractivity contribution in [3.05, 3.63) is 120 Å². The molecule has 0 atom stereocenters. The number of piperazine rings is 2. The zero-order valence-corrected chi connectivity index (χ0v) is 28.1. The molecule has 12 heteroatoms. The number of alkyl halides is 1. The van der Waals surface area contributed by atoms with E-state index in [1.807, 2.05) is 84.9 Å². The molecule has 4 aromatic rings. The molecule has 0 bridgehead atoms. The second-order valence-corrected chi connectivity index (χ2v) is 11.8. The van der Waals surface area contributed by atoms with Crippen molar-refractivity contribution in [3.8, 4) is 6.07 Å². The third kappa shape index (κ3) is 10.6. The Balaban J connectivity index is 0.000000191. The van der Waals surface area contributed by atoms with Crippen LogP contribution in [0.3, 0.4) is 0 Å². The Hall–Kier alpha value is -5.34. The van der Waals surface area contributed by atoms with Crippen LogP contribution in [0.4, 0.5) is 21.2 Å². The molecule has 2 fully saturated rings. The number of nitriles is 1. The fourth-order valence-electron chi connectivity index (χ4n) is 5.41. The predicted octanol–water partition coefficient (Wildman–Crippen LogP) is 5.89. The molecule has 0 spiro atoms. The number of nitrogens with zero attached hydrogens (tertiary/aromatic N) is 7. The summed E-state index contributed by atoms with van der Waals surface area (Å²) in [7, 11) is 0. The van der Waals surface area contributed by atoms with Crippen LogP contribution >= 0.6 is 11.6 Å². The van der Waals surface area contributed by atoms with Gasteiger partial charge in [-0.05, 0) is 46.5 Å². The first-order chi connectivity index (χ1) is 24.0. The third-order valence-electron chi connectivity index (χ3n) is 8.19. The molecule has 2 aromatic carbocycles. The highest BCUT2D eigenvalue weighted by molar-refractivity contribution is 6.17. The average molecular weight is 682 g/mol. The van der Waals surface area contributed by atoms with Crippen LogP contribution in [0.25, 0.3) is 0 Å². The van der Waals surface area contributed by atoms with E-state index in [0.29, 0.717) is 58.2 Å². The minimum absolute atomic E-state index is 0.263. The summed E-state index contributed by atoms with van der Waals surface area (Å²) >= 11 is 5.87. The van der Waals surface area contributed by atoms with Gasteiger partial charge in [0, 0.05) is 70.6 Å². The lowest BCUT2D eigenvalue weighted by Gasteiger charge is -2.34. The van der Waals surface area contributed by atoms with Gasteiger partial charge in [0.1, 0.15) is 24.8 Å². The number of aromatic nitrogens is 2. The number of rotatable bonds is 8. The summed E-state index contributed by atoms with van der Waals surface area (Å²) in [4.78, 5) is 40.9. The van der Waals surface area contributed by atoms with Gasteiger partial charge in [0.15, 0.2) is 0 Å². The van der Waals surface area contributed by atoms with Crippen molar-refractivity contribution >= 4 is 35.4 Å². The third-order valence-corrected chi connectivity index (χ3v) is 8.50. The van der Waals surface area contributed by atoms with E-state index in [1.54, 1.807) is 22.2 Å². The van der Waals surface area contributed by atoms with Gasteiger partial charge in [0.05, 0.1) is 12.5 Å². The van der Waals surface area contributed by atoms with Crippen molar-refractivity contribution in [2.45, 2.75) is 25.5 Å². The summed E-state index contributed by atoms with van der Waals surface area (Å²) < 4.78 is 10.8. The monoisotopic (exact) mass is 681 g/mol. The highest BCUT2D eigenvalue weighted by Crippen LogP contribution is 2.18. The molecule has 4 heterocycles. The molecule has 0 aliphatic carbocycles. The lowest BCUT2D eigenvalue weighted by atomic mass is 10.2. The molecule has 2 saturated heterocycles. The van der Waals surface area contributed by atoms with E-state index in [1.165, 1.54) is 0 Å². The summed E-state index contributed by atoms with van der Waals surface area (Å²) in [6.07, 6.45) is 3.33. The first kappa shape index (κ1) is 35.0. The minimum atomic E-state index is -0.283. The Morgan fingerprint density at radius 2 is 1.06 bits per heavy atom. The zero-order valence-electron chi connectivity index (χ0n) is 27.4. The topological polar surface area (TPSA) is 115 Å². The average Bonchev–Trinajstić information content (AvgIpc) is 3.17. The second kappa shape index (κ2) is 18.3. The number of pyridine rings is 2. The Morgan fingerprint density at radius 3 is 1.49 bits per heavy atom. The molecule has 2 amide bonds. The molecule has 2 aromatic heterocycles. The number of hydrogen-bond acceptors (Lipinski definition) is 9. The van der Waals surface area contributed by atoms with Gasteiger partial charge in [-0.25, -0.2) is 19.6 Å². The highest BCUT2D eigenvalue weighted by atomic mass is 35.5. The summed E-state index contributed by atoms with van der Waals surface area (Å²) in [5, 5.41) is 8.81. The van der Waals surface area contributed by atoms with E-state index < -0.39 is 0 Å². The van der Waals surface area contributed by atoms with Crippen molar-refractivity contribution in [1.29, 1.82) is 5.26 Å². The van der Waals surface area contributed by atoms with Gasteiger partial charge in [-0.2, -0.15) is 5.26 Å². The van der Waals surface area contributed by atoms with Crippen LogP contribution in [0.15, 0.2) is 97.3 Å². The lowest BCUT2D eigenvalue weighted by molar-refractivity contribution is 0.0935. The maximum Gasteiger partial charge on any atom is 0.410 e. The van der Waals surface area contributed by atoms with Crippen molar-refractivity contribution in [1.82, 2.24) is 19.8 Å². The van der Waals surface area contributed by atoms with Gasteiger partial charge < -0.3 is 29.1 Å². The molecule has 0 radical (unpaired) electrons. The second-order valence-electron chi connectivity index (χ2n) is 11.5. The Bertz CT molecular complexity index is 1670. The van der Waals surface area contributed by atoms with Gasteiger partial charge in [-0.15, -0.1) is 11.6 Å². The summed E-state index contributed by atoms with van der Waals surface area (Å²) in [5.41, 5.74) is 3.98. The fourth-order valence-corrected chi connectivity index (χ4v) is 5.58. The van der Waals surface area contributed by atoms with Crippen LogP contribution in [-0.4, -0.2) is 84.3 Å². The Kier molecular flexibility index (Phi) is 13.0. The smallest absolute Gasteiger partial charge is 0.410 e. The molecule has 0 saturated carbocycles. The van der Waals surface area contributed by atoms with Gasteiger partial charge >= 0.3 is 12.2 Å². The number of carbonyl (C=O) groups is 2. The van der Waals surface area contributed by atoms with Crippen molar-refractivity contribution in [2.24, 2.45) is 0 Å². The standard InChI is InChI=1S/C19H20N4O2.C18H20ClN3O2/c20-8-6-16-7-9-21-18(14-16)22-10-12-23(13-11-22)19(24)25-15-17-4-2-1-3-5-17;19-13-16-6-7-20-17(12-16)21-8-10-22(11-9-21)18(23)24-14-15-4-2-1-3-5-15/h1-5,7,9,14H,6,10-13,15H2;1-7,12H,8-11,13-14H2. The molecular formula is C37H40ClN7O4. The number of anilines is 2. The lowest BCUT2D eigenvalue weighted by Crippen LogP contribution is -2.49. The quantitative estimate of drug-likeness (QED) is 0.210. The normalized spacial score (nSPS) is 14.3. The van der Waals surface area contributed by atoms with Crippen molar-refractivity contribution < 1.29 is 19.1 Å². The van der Waals surface area contributed by atoms with Crippen LogP contribution < -0.4 is 9.80 Å². The molecule has 0 unspecified atom stereocenters. The van der Waals surface area contributed by atoms with Crippen LogP contribution in [0.5, 0.6) is 0 Å². The van der Waals surface area contributed by atoms with Gasteiger partial charge in [0.2, 0.25) is 0 Å². The first-order valence-electron chi connectivity index (χ1n) is 16.3. The largest absolute Gasteiger partial charge is 0.445 e. The van der Waals surface area contributed by atoms with E-state index in [9.17, 15) is 9.59 Å².